The minimum atomic E-state index is -0.826. The van der Waals surface area contributed by atoms with Crippen molar-refractivity contribution in [2.75, 3.05) is 7.11 Å². The van der Waals surface area contributed by atoms with Crippen molar-refractivity contribution in [3.05, 3.63) is 52.7 Å². The number of methoxy groups -OCH3 is 1. The Balaban J connectivity index is 1.78. The van der Waals surface area contributed by atoms with Gasteiger partial charge in [0.05, 0.1) is 46.9 Å². The molecule has 34 heavy (non-hydrogen) atoms. The smallest absolute Gasteiger partial charge is 0.326 e. The van der Waals surface area contributed by atoms with Crippen LogP contribution in [0.3, 0.4) is 0 Å². The third kappa shape index (κ3) is 3.35. The number of aliphatic carboxylic acids is 1. The lowest BCUT2D eigenvalue weighted by molar-refractivity contribution is -0.141. The molecule has 5 aromatic rings. The summed E-state index contributed by atoms with van der Waals surface area (Å²) < 4.78 is 8.71. The minimum Gasteiger partial charge on any atom is -0.481 e. The molecule has 1 aromatic carbocycles. The molecule has 0 fully saturated rings. The largest absolute Gasteiger partial charge is 0.481 e. The van der Waals surface area contributed by atoms with Crippen LogP contribution in [0.25, 0.3) is 44.5 Å². The van der Waals surface area contributed by atoms with Gasteiger partial charge in [-0.3, -0.25) is 14.0 Å². The van der Waals surface area contributed by atoms with Gasteiger partial charge >= 0.3 is 11.7 Å². The summed E-state index contributed by atoms with van der Waals surface area (Å²) in [7, 11) is 5.08. The summed E-state index contributed by atoms with van der Waals surface area (Å²) in [5, 5.41) is 14.4. The molecule has 0 aliphatic rings. The molecule has 0 bridgehead atoms. The Morgan fingerprint density at radius 1 is 1.21 bits per heavy atom. The zero-order valence-corrected chi connectivity index (χ0v) is 19.2. The first-order valence-corrected chi connectivity index (χ1v) is 10.8. The number of fused-ring (bicyclic) bond motifs is 3. The number of pyridine rings is 1. The topological polar surface area (TPSA) is 131 Å². The summed E-state index contributed by atoms with van der Waals surface area (Å²) in [6, 6.07) is 7.77. The van der Waals surface area contributed by atoms with E-state index in [0.29, 0.717) is 29.0 Å². The van der Waals surface area contributed by atoms with Crippen molar-refractivity contribution in [1.29, 1.82) is 0 Å². The molecule has 1 atom stereocenters. The molecule has 10 heteroatoms. The lowest BCUT2D eigenvalue weighted by Gasteiger charge is -2.09. The fourth-order valence-electron chi connectivity index (χ4n) is 4.36. The maximum atomic E-state index is 12.4. The van der Waals surface area contributed by atoms with Gasteiger partial charge in [-0.15, -0.1) is 5.10 Å². The zero-order valence-electron chi connectivity index (χ0n) is 19.2. The van der Waals surface area contributed by atoms with Crippen LogP contribution in [-0.4, -0.2) is 47.5 Å². The number of carboxylic acid groups (broad SMARTS) is 1. The molecule has 0 saturated heterocycles. The molecule has 1 unspecified atom stereocenters. The average Bonchev–Trinajstić information content (AvgIpc) is 3.47. The number of benzene rings is 1. The summed E-state index contributed by atoms with van der Waals surface area (Å²) in [4.78, 5) is 34.6. The number of aryl methyl sites for hydroxylation is 2. The third-order valence-corrected chi connectivity index (χ3v) is 6.16. The highest BCUT2D eigenvalue weighted by atomic mass is 16.5. The van der Waals surface area contributed by atoms with Gasteiger partial charge in [0, 0.05) is 25.9 Å². The quantitative estimate of drug-likeness (QED) is 0.357. The molecule has 174 valence electrons. The van der Waals surface area contributed by atoms with Crippen LogP contribution in [0.5, 0.6) is 5.88 Å². The molecule has 0 aliphatic carbocycles. The number of rotatable bonds is 6. The lowest BCUT2D eigenvalue weighted by Crippen LogP contribution is -2.12. The van der Waals surface area contributed by atoms with Crippen LogP contribution >= 0.6 is 0 Å². The summed E-state index contributed by atoms with van der Waals surface area (Å²) in [6.45, 7) is 1.69. The van der Waals surface area contributed by atoms with E-state index in [1.165, 1.54) is 4.57 Å². The molecule has 0 spiro atoms. The SMILES string of the molecule is COc1nn(C)cc1-c1[nH]c2ncc3c([nH]c(=O)n3C)c2c1-c1ccc(CC(C)C(=O)O)cc1. The van der Waals surface area contributed by atoms with Crippen LogP contribution in [0.2, 0.25) is 0 Å². The molecule has 0 saturated carbocycles. The van der Waals surface area contributed by atoms with Crippen molar-refractivity contribution in [1.82, 2.24) is 29.3 Å². The van der Waals surface area contributed by atoms with E-state index in [9.17, 15) is 14.7 Å². The fraction of sp³-hybridized carbons (Fsp3) is 0.250. The second-order valence-corrected chi connectivity index (χ2v) is 8.47. The summed E-state index contributed by atoms with van der Waals surface area (Å²) in [5.41, 5.74) is 5.94. The Morgan fingerprint density at radius 2 is 1.94 bits per heavy atom. The Bertz CT molecular complexity index is 1600. The fourth-order valence-corrected chi connectivity index (χ4v) is 4.36. The molecule has 4 aromatic heterocycles. The number of aromatic amines is 2. The van der Waals surface area contributed by atoms with E-state index in [0.717, 1.165) is 33.3 Å². The summed E-state index contributed by atoms with van der Waals surface area (Å²) in [5.74, 6) is -0.847. The molecule has 10 nitrogen and oxygen atoms in total. The van der Waals surface area contributed by atoms with Crippen molar-refractivity contribution in [2.45, 2.75) is 13.3 Å². The van der Waals surface area contributed by atoms with Crippen LogP contribution in [-0.2, 0) is 25.3 Å². The number of carboxylic acids is 1. The zero-order chi connectivity index (χ0) is 24.1. The van der Waals surface area contributed by atoms with E-state index in [-0.39, 0.29) is 5.69 Å². The minimum absolute atomic E-state index is 0.227. The van der Waals surface area contributed by atoms with E-state index in [1.807, 2.05) is 37.5 Å². The van der Waals surface area contributed by atoms with Crippen LogP contribution in [0, 0.1) is 5.92 Å². The second kappa shape index (κ2) is 7.91. The number of ether oxygens (including phenoxy) is 1. The van der Waals surface area contributed by atoms with Gasteiger partial charge in [-0.1, -0.05) is 31.2 Å². The number of H-pyrrole nitrogens is 2. The molecule has 4 heterocycles. The summed E-state index contributed by atoms with van der Waals surface area (Å²) >= 11 is 0. The molecule has 3 N–H and O–H groups in total. The predicted molar refractivity (Wildman–Crippen MR) is 128 cm³/mol. The maximum Gasteiger partial charge on any atom is 0.326 e. The van der Waals surface area contributed by atoms with Crippen molar-refractivity contribution < 1.29 is 14.6 Å². The second-order valence-electron chi connectivity index (χ2n) is 8.47. The highest BCUT2D eigenvalue weighted by Crippen LogP contribution is 2.42. The monoisotopic (exact) mass is 460 g/mol. The Kier molecular flexibility index (Phi) is 5.00. The van der Waals surface area contributed by atoms with Gasteiger partial charge in [-0.05, 0) is 17.5 Å². The van der Waals surface area contributed by atoms with Gasteiger partial charge in [-0.25, -0.2) is 9.78 Å². The van der Waals surface area contributed by atoms with Crippen LogP contribution in [0.4, 0.5) is 0 Å². The Labute approximate surface area is 193 Å². The molecule has 5 rings (SSSR count). The average molecular weight is 460 g/mol. The van der Waals surface area contributed by atoms with E-state index >= 15 is 0 Å². The first-order chi connectivity index (χ1) is 16.3. The molecule has 0 aliphatic heterocycles. The normalized spacial score (nSPS) is 12.5. The van der Waals surface area contributed by atoms with Crippen molar-refractivity contribution in [3.63, 3.8) is 0 Å². The van der Waals surface area contributed by atoms with E-state index in [2.05, 4.69) is 20.1 Å². The maximum absolute atomic E-state index is 12.4. The van der Waals surface area contributed by atoms with Crippen molar-refractivity contribution in [3.8, 4) is 28.3 Å². The highest BCUT2D eigenvalue weighted by molar-refractivity contribution is 6.14. The van der Waals surface area contributed by atoms with Gasteiger partial charge in [0.1, 0.15) is 5.65 Å². The molecule has 0 amide bonds. The standard InChI is InChI=1S/C24H24N6O4/c1-12(23(31)32)9-13-5-7-14(8-6-13)17-18-20-16(30(3)24(33)27-20)10-25-21(18)26-19(17)15-11-29(2)28-22(15)34-4/h5-8,10-12H,9H2,1-4H3,(H,25,26)(H,27,33)(H,31,32). The van der Waals surface area contributed by atoms with Crippen molar-refractivity contribution in [2.24, 2.45) is 20.0 Å². The lowest BCUT2D eigenvalue weighted by atomic mass is 9.96. The third-order valence-electron chi connectivity index (χ3n) is 6.16. The molecule has 0 radical (unpaired) electrons. The number of imidazole rings is 1. The van der Waals surface area contributed by atoms with Gasteiger partial charge in [0.2, 0.25) is 5.88 Å². The van der Waals surface area contributed by atoms with Gasteiger partial charge in [0.15, 0.2) is 0 Å². The van der Waals surface area contributed by atoms with Gasteiger partial charge in [-0.2, -0.15) is 0 Å². The Hall–Kier alpha value is -4.34. The summed E-state index contributed by atoms with van der Waals surface area (Å²) in [6.07, 6.45) is 3.96. The molecular formula is C24H24N6O4. The van der Waals surface area contributed by atoms with E-state index in [4.69, 9.17) is 4.74 Å². The number of aromatic nitrogens is 6. The van der Waals surface area contributed by atoms with Crippen LogP contribution < -0.4 is 10.4 Å². The highest BCUT2D eigenvalue weighted by Gasteiger charge is 2.24. The number of hydrogen-bond donors (Lipinski definition) is 3. The first kappa shape index (κ1) is 21.5. The molecular weight excluding hydrogens is 436 g/mol. The van der Waals surface area contributed by atoms with Gasteiger partial charge in [0.25, 0.3) is 0 Å². The number of nitrogens with zero attached hydrogens (tertiary/aromatic N) is 4. The van der Waals surface area contributed by atoms with E-state index < -0.39 is 11.9 Å². The van der Waals surface area contributed by atoms with Gasteiger partial charge < -0.3 is 19.8 Å². The number of carbonyl (C=O) groups is 1. The Morgan fingerprint density at radius 3 is 2.62 bits per heavy atom. The van der Waals surface area contributed by atoms with Crippen LogP contribution in [0.15, 0.2) is 41.5 Å². The van der Waals surface area contributed by atoms with E-state index in [1.54, 1.807) is 32.0 Å². The number of nitrogens with one attached hydrogen (secondary N) is 2. The first-order valence-electron chi connectivity index (χ1n) is 10.8. The van der Waals surface area contributed by atoms with Crippen molar-refractivity contribution >= 4 is 28.0 Å². The predicted octanol–water partition coefficient (Wildman–Crippen LogP) is 3.08. The van der Waals surface area contributed by atoms with Crippen LogP contribution in [0.1, 0.15) is 12.5 Å². The number of hydrogen-bond acceptors (Lipinski definition) is 5.